The summed E-state index contributed by atoms with van der Waals surface area (Å²) in [6.45, 7) is 3.26. The van der Waals surface area contributed by atoms with E-state index in [0.717, 1.165) is 18.5 Å². The van der Waals surface area contributed by atoms with Crippen LogP contribution in [0.25, 0.3) is 0 Å². The molecular weight excluding hydrogens is 332 g/mol. The lowest BCUT2D eigenvalue weighted by Gasteiger charge is -2.36. The molecule has 3 aliphatic rings. The van der Waals surface area contributed by atoms with E-state index in [0.29, 0.717) is 25.4 Å². The molecule has 2 atom stereocenters. The third-order valence-electron chi connectivity index (χ3n) is 4.79. The lowest BCUT2D eigenvalue weighted by Crippen LogP contribution is -2.49. The Morgan fingerprint density at radius 3 is 2.71 bits per heavy atom. The van der Waals surface area contributed by atoms with Gasteiger partial charge in [-0.15, -0.1) is 0 Å². The number of fused-ring (bicyclic) bond motifs is 4. The summed E-state index contributed by atoms with van der Waals surface area (Å²) in [6.07, 6.45) is 1.96. The quantitative estimate of drug-likeness (QED) is 0.772. The van der Waals surface area contributed by atoms with Gasteiger partial charge in [0.1, 0.15) is 5.76 Å². The van der Waals surface area contributed by atoms with E-state index in [1.807, 2.05) is 11.8 Å². The van der Waals surface area contributed by atoms with Crippen molar-refractivity contribution in [1.29, 1.82) is 0 Å². The van der Waals surface area contributed by atoms with Crippen molar-refractivity contribution in [3.05, 3.63) is 17.5 Å². The average molecular weight is 356 g/mol. The average Bonchev–Trinajstić information content (AvgIpc) is 2.74. The summed E-state index contributed by atoms with van der Waals surface area (Å²) >= 11 is 0. The maximum Gasteiger partial charge on any atom is 0.281 e. The lowest BCUT2D eigenvalue weighted by molar-refractivity contribution is -0.134. The van der Waals surface area contributed by atoms with Gasteiger partial charge in [-0.3, -0.25) is 4.79 Å². The van der Waals surface area contributed by atoms with Crippen molar-refractivity contribution in [1.82, 2.24) is 18.7 Å². The Kier molecular flexibility index (Phi) is 4.67. The topological polar surface area (TPSA) is 87.0 Å². The van der Waals surface area contributed by atoms with Gasteiger partial charge in [0.2, 0.25) is 5.91 Å². The van der Waals surface area contributed by atoms with Gasteiger partial charge in [-0.1, -0.05) is 5.16 Å². The first kappa shape index (κ1) is 17.4. The molecule has 0 saturated carbocycles. The van der Waals surface area contributed by atoms with Crippen molar-refractivity contribution in [3.8, 4) is 0 Å². The van der Waals surface area contributed by atoms with Crippen LogP contribution in [0.1, 0.15) is 24.3 Å². The Morgan fingerprint density at radius 1 is 1.33 bits per heavy atom. The van der Waals surface area contributed by atoms with Gasteiger partial charge in [0.15, 0.2) is 0 Å². The zero-order valence-electron chi connectivity index (χ0n) is 14.3. The number of hydrogen-bond donors (Lipinski definition) is 0. The number of hydrogen-bond acceptors (Lipinski definition) is 5. The zero-order valence-corrected chi connectivity index (χ0v) is 15.1. The van der Waals surface area contributed by atoms with Crippen molar-refractivity contribution in [2.24, 2.45) is 5.92 Å². The van der Waals surface area contributed by atoms with E-state index >= 15 is 0 Å². The highest BCUT2D eigenvalue weighted by molar-refractivity contribution is 7.86. The van der Waals surface area contributed by atoms with Gasteiger partial charge in [-0.2, -0.15) is 17.0 Å². The monoisotopic (exact) mass is 356 g/mol. The van der Waals surface area contributed by atoms with Crippen LogP contribution < -0.4 is 0 Å². The van der Waals surface area contributed by atoms with Crippen molar-refractivity contribution >= 4 is 16.1 Å². The SMILES string of the molecule is Cc1cc(CC(=O)N2C[C@H]3CC[C@@H]2CN(S(=O)(=O)N(C)C)C3)on1. The first-order valence-electron chi connectivity index (χ1n) is 8.16. The van der Waals surface area contributed by atoms with Gasteiger partial charge < -0.3 is 9.42 Å². The van der Waals surface area contributed by atoms with Gasteiger partial charge in [0.25, 0.3) is 10.2 Å². The summed E-state index contributed by atoms with van der Waals surface area (Å²) in [4.78, 5) is 14.5. The van der Waals surface area contributed by atoms with Gasteiger partial charge in [-0.25, -0.2) is 0 Å². The molecule has 0 N–H and O–H groups in total. The highest BCUT2D eigenvalue weighted by atomic mass is 32.2. The van der Waals surface area contributed by atoms with Crippen molar-refractivity contribution in [3.63, 3.8) is 0 Å². The van der Waals surface area contributed by atoms with Crippen molar-refractivity contribution in [2.45, 2.75) is 32.2 Å². The summed E-state index contributed by atoms with van der Waals surface area (Å²) in [5.41, 5.74) is 0.749. The standard InChI is InChI=1S/C15H24N4O4S/c1-11-6-14(23-16-11)7-15(20)19-9-12-4-5-13(19)10-18(8-12)24(21,22)17(2)3/h6,12-13H,4-5,7-10H2,1-3H3/t12-,13+/m0/s1. The van der Waals surface area contributed by atoms with Crippen LogP contribution in [0.15, 0.2) is 10.6 Å². The summed E-state index contributed by atoms with van der Waals surface area (Å²) in [7, 11) is -0.376. The number of aromatic nitrogens is 1. The van der Waals surface area contributed by atoms with Crippen LogP contribution in [-0.2, 0) is 21.4 Å². The number of carbonyl (C=O) groups excluding carboxylic acids is 1. The van der Waals surface area contributed by atoms with Crippen LogP contribution in [0.5, 0.6) is 0 Å². The maximum atomic E-state index is 12.7. The van der Waals surface area contributed by atoms with Gasteiger partial charge >= 0.3 is 0 Å². The molecule has 24 heavy (non-hydrogen) atoms. The van der Waals surface area contributed by atoms with E-state index in [-0.39, 0.29) is 24.3 Å². The molecule has 0 unspecified atom stereocenters. The number of piperidine rings is 1. The molecule has 3 fully saturated rings. The fraction of sp³-hybridized carbons (Fsp3) is 0.733. The third kappa shape index (κ3) is 3.33. The van der Waals surface area contributed by atoms with Crippen LogP contribution in [0, 0.1) is 12.8 Å². The Hall–Kier alpha value is -1.45. The van der Waals surface area contributed by atoms with Crippen LogP contribution >= 0.6 is 0 Å². The molecule has 1 aromatic heterocycles. The minimum absolute atomic E-state index is 0.0232. The highest BCUT2D eigenvalue weighted by Gasteiger charge is 2.41. The zero-order chi connectivity index (χ0) is 17.5. The molecule has 1 aromatic rings. The highest BCUT2D eigenvalue weighted by Crippen LogP contribution is 2.30. The molecule has 1 amide bonds. The predicted molar refractivity (Wildman–Crippen MR) is 87.3 cm³/mol. The van der Waals surface area contributed by atoms with Crippen LogP contribution in [-0.4, -0.2) is 72.8 Å². The minimum Gasteiger partial charge on any atom is -0.361 e. The van der Waals surface area contributed by atoms with Gasteiger partial charge in [0.05, 0.1) is 12.1 Å². The van der Waals surface area contributed by atoms with Crippen LogP contribution in [0.2, 0.25) is 0 Å². The molecule has 0 aliphatic carbocycles. The van der Waals surface area contributed by atoms with E-state index < -0.39 is 10.2 Å². The second kappa shape index (κ2) is 6.45. The molecule has 4 heterocycles. The molecule has 3 aliphatic heterocycles. The first-order chi connectivity index (χ1) is 11.3. The minimum atomic E-state index is -3.45. The molecule has 4 rings (SSSR count). The summed E-state index contributed by atoms with van der Waals surface area (Å²) in [5, 5.41) is 3.81. The summed E-state index contributed by atoms with van der Waals surface area (Å²) < 4.78 is 32.8. The summed E-state index contributed by atoms with van der Waals surface area (Å²) in [5.74, 6) is 0.708. The second-order valence-electron chi connectivity index (χ2n) is 6.86. The predicted octanol–water partition coefficient (Wildman–Crippen LogP) is 0.255. The van der Waals surface area contributed by atoms with E-state index in [4.69, 9.17) is 4.52 Å². The smallest absolute Gasteiger partial charge is 0.281 e. The largest absolute Gasteiger partial charge is 0.361 e. The Balaban J connectivity index is 1.75. The van der Waals surface area contributed by atoms with E-state index in [1.165, 1.54) is 22.7 Å². The van der Waals surface area contributed by atoms with Crippen LogP contribution in [0.4, 0.5) is 0 Å². The van der Waals surface area contributed by atoms with Gasteiger partial charge in [-0.05, 0) is 25.7 Å². The molecule has 0 radical (unpaired) electrons. The third-order valence-corrected chi connectivity index (χ3v) is 6.66. The molecule has 3 saturated heterocycles. The Bertz CT molecular complexity index is 715. The van der Waals surface area contributed by atoms with E-state index in [1.54, 1.807) is 6.07 Å². The molecular formula is C15H24N4O4S. The van der Waals surface area contributed by atoms with Gasteiger partial charge in [0, 0.05) is 45.8 Å². The van der Waals surface area contributed by atoms with Crippen molar-refractivity contribution < 1.29 is 17.7 Å². The molecule has 134 valence electrons. The number of aryl methyl sites for hydroxylation is 1. The van der Waals surface area contributed by atoms with E-state index in [2.05, 4.69) is 5.16 Å². The molecule has 2 bridgehead atoms. The Morgan fingerprint density at radius 2 is 2.08 bits per heavy atom. The Labute approximate surface area is 142 Å². The molecule has 0 aromatic carbocycles. The number of nitrogens with zero attached hydrogens (tertiary/aromatic N) is 4. The van der Waals surface area contributed by atoms with Crippen LogP contribution in [0.3, 0.4) is 0 Å². The maximum absolute atomic E-state index is 12.7. The summed E-state index contributed by atoms with van der Waals surface area (Å²) in [6, 6.07) is 1.69. The molecule has 8 nitrogen and oxygen atoms in total. The normalized spacial score (nSPS) is 25.2. The number of amides is 1. The number of rotatable bonds is 4. The number of carbonyl (C=O) groups is 1. The molecule has 9 heteroatoms. The lowest BCUT2D eigenvalue weighted by atomic mass is 9.94. The second-order valence-corrected chi connectivity index (χ2v) is 9.00. The van der Waals surface area contributed by atoms with E-state index in [9.17, 15) is 13.2 Å². The fourth-order valence-corrected chi connectivity index (χ4v) is 4.74. The fourth-order valence-electron chi connectivity index (χ4n) is 3.51. The first-order valence-corrected chi connectivity index (χ1v) is 9.56. The molecule has 0 spiro atoms. The van der Waals surface area contributed by atoms with Crippen molar-refractivity contribution in [2.75, 3.05) is 33.7 Å².